The van der Waals surface area contributed by atoms with E-state index < -0.39 is 22.0 Å². The van der Waals surface area contributed by atoms with Gasteiger partial charge in [0.2, 0.25) is 10.0 Å². The van der Waals surface area contributed by atoms with Gasteiger partial charge in [-0.05, 0) is 54.2 Å². The summed E-state index contributed by atoms with van der Waals surface area (Å²) in [6.45, 7) is 10.7. The minimum absolute atomic E-state index is 0.0845. The number of hydrogen-bond acceptors (Lipinski definition) is 8. The Labute approximate surface area is 301 Å². The molecule has 0 amide bonds. The quantitative estimate of drug-likeness (QED) is 0.134. The van der Waals surface area contributed by atoms with Gasteiger partial charge in [0.1, 0.15) is 24.0 Å². The van der Waals surface area contributed by atoms with Crippen molar-refractivity contribution in [3.63, 3.8) is 0 Å². The summed E-state index contributed by atoms with van der Waals surface area (Å²) >= 11 is 0. The van der Waals surface area contributed by atoms with Crippen molar-refractivity contribution in [1.82, 2.24) is 28.6 Å². The van der Waals surface area contributed by atoms with Crippen molar-refractivity contribution in [1.29, 1.82) is 0 Å². The smallest absolute Gasteiger partial charge is 0.324 e. The molecule has 1 fully saturated rings. The van der Waals surface area contributed by atoms with Gasteiger partial charge in [-0.3, -0.25) is 19.6 Å². The SMILES string of the molecule is Cc1nc2cnccc2n1Cc1ccc(S(=O)(=O)N(C)C(CC(C)C)C(=O)OCCN2CCN(C(c3ccccc3)c3ccccc3)CC2)cc1. The molecule has 0 aliphatic carbocycles. The number of carbonyl (C=O) groups excluding carboxylic acids is 1. The number of esters is 1. The number of imidazole rings is 1. The van der Waals surface area contributed by atoms with E-state index >= 15 is 0 Å². The lowest BCUT2D eigenvalue weighted by molar-refractivity contribution is -0.149. The van der Waals surface area contributed by atoms with Crippen LogP contribution in [0.15, 0.2) is 108 Å². The highest BCUT2D eigenvalue weighted by Gasteiger charge is 2.35. The topological polar surface area (TPSA) is 101 Å². The van der Waals surface area contributed by atoms with E-state index in [-0.39, 0.29) is 23.5 Å². The van der Waals surface area contributed by atoms with E-state index in [1.165, 1.54) is 22.5 Å². The van der Waals surface area contributed by atoms with Gasteiger partial charge in [0.05, 0.1) is 22.7 Å². The van der Waals surface area contributed by atoms with Gasteiger partial charge in [-0.25, -0.2) is 13.4 Å². The molecule has 3 heterocycles. The van der Waals surface area contributed by atoms with Crippen molar-refractivity contribution in [3.8, 4) is 0 Å². The van der Waals surface area contributed by atoms with Crippen LogP contribution in [-0.4, -0.2) is 95.4 Å². The van der Waals surface area contributed by atoms with E-state index in [1.807, 2.05) is 51.1 Å². The first-order valence-electron chi connectivity index (χ1n) is 17.7. The van der Waals surface area contributed by atoms with E-state index in [1.54, 1.807) is 24.5 Å². The maximum absolute atomic E-state index is 13.8. The van der Waals surface area contributed by atoms with Crippen LogP contribution in [0.25, 0.3) is 11.0 Å². The predicted molar refractivity (Wildman–Crippen MR) is 200 cm³/mol. The van der Waals surface area contributed by atoms with Gasteiger partial charge in [-0.1, -0.05) is 86.6 Å². The molecule has 1 unspecified atom stereocenters. The first-order valence-corrected chi connectivity index (χ1v) is 19.1. The molecule has 5 aromatic rings. The zero-order valence-electron chi connectivity index (χ0n) is 29.9. The number of aryl methyl sites for hydroxylation is 1. The molecule has 0 saturated carbocycles. The number of ether oxygens (including phenoxy) is 1. The second-order valence-corrected chi connectivity index (χ2v) is 15.7. The van der Waals surface area contributed by atoms with E-state index in [0.29, 0.717) is 19.5 Å². The minimum atomic E-state index is -3.97. The number of rotatable bonds is 14. The molecule has 0 spiro atoms. The standard InChI is InChI=1S/C40H48N6O4S/c1-30(2)27-38(43(4)51(48,49)35-17-15-32(16-18-35)29-46-31(3)42-36-28-41-20-19-37(36)46)40(47)50-26-25-44-21-23-45(24-22-44)39(33-11-7-5-8-12-33)34-13-9-6-10-14-34/h5-20,28,30,38-39H,21-27,29H2,1-4H3. The van der Waals surface area contributed by atoms with Crippen LogP contribution in [0.3, 0.4) is 0 Å². The average molecular weight is 709 g/mol. The monoisotopic (exact) mass is 708 g/mol. The molecule has 6 rings (SSSR count). The molecule has 0 radical (unpaired) electrons. The number of nitrogens with zero attached hydrogens (tertiary/aromatic N) is 6. The molecule has 10 nitrogen and oxygen atoms in total. The highest BCUT2D eigenvalue weighted by Crippen LogP contribution is 2.29. The van der Waals surface area contributed by atoms with Crippen LogP contribution < -0.4 is 0 Å². The first-order chi connectivity index (χ1) is 24.6. The Morgan fingerprint density at radius 2 is 1.51 bits per heavy atom. The molecule has 0 bridgehead atoms. The Kier molecular flexibility index (Phi) is 11.6. The predicted octanol–water partition coefficient (Wildman–Crippen LogP) is 5.77. The number of fused-ring (bicyclic) bond motifs is 1. The van der Waals surface area contributed by atoms with Crippen LogP contribution in [0.4, 0.5) is 0 Å². The van der Waals surface area contributed by atoms with Crippen LogP contribution >= 0.6 is 0 Å². The number of benzene rings is 3. The summed E-state index contributed by atoms with van der Waals surface area (Å²) in [6.07, 6.45) is 3.82. The summed E-state index contributed by atoms with van der Waals surface area (Å²) in [7, 11) is -2.49. The molecule has 268 valence electrons. The number of piperazine rings is 1. The van der Waals surface area contributed by atoms with Crippen molar-refractivity contribution in [2.75, 3.05) is 46.4 Å². The number of aromatic nitrogens is 3. The van der Waals surface area contributed by atoms with Gasteiger partial charge >= 0.3 is 5.97 Å². The molecular weight excluding hydrogens is 661 g/mol. The highest BCUT2D eigenvalue weighted by atomic mass is 32.2. The Morgan fingerprint density at radius 1 is 0.882 bits per heavy atom. The number of carbonyl (C=O) groups is 1. The molecule has 11 heteroatoms. The van der Waals surface area contributed by atoms with Crippen molar-refractivity contribution in [2.24, 2.45) is 5.92 Å². The summed E-state index contributed by atoms with van der Waals surface area (Å²) in [5, 5.41) is 0. The maximum Gasteiger partial charge on any atom is 0.324 e. The average Bonchev–Trinajstić information content (AvgIpc) is 3.46. The van der Waals surface area contributed by atoms with E-state index in [0.717, 1.165) is 48.6 Å². The highest BCUT2D eigenvalue weighted by molar-refractivity contribution is 7.89. The molecule has 1 aliphatic heterocycles. The van der Waals surface area contributed by atoms with Crippen LogP contribution in [-0.2, 0) is 26.1 Å². The molecule has 1 saturated heterocycles. The molecule has 2 aromatic heterocycles. The summed E-state index contributed by atoms with van der Waals surface area (Å²) < 4.78 is 36.7. The fraction of sp³-hybridized carbons (Fsp3) is 0.375. The Hall–Kier alpha value is -4.42. The zero-order chi connectivity index (χ0) is 36.0. The van der Waals surface area contributed by atoms with Gasteiger partial charge in [-0.15, -0.1) is 0 Å². The third-order valence-corrected chi connectivity index (χ3v) is 11.6. The number of pyridine rings is 1. The summed E-state index contributed by atoms with van der Waals surface area (Å²) in [6, 6.07) is 29.2. The Bertz CT molecular complexity index is 1950. The fourth-order valence-electron chi connectivity index (χ4n) is 6.93. The molecule has 0 N–H and O–H groups in total. The van der Waals surface area contributed by atoms with Crippen LogP contribution in [0.1, 0.15) is 48.8 Å². The first kappa shape index (κ1) is 36.4. The van der Waals surface area contributed by atoms with Crippen molar-refractivity contribution in [2.45, 2.75) is 50.7 Å². The lowest BCUT2D eigenvalue weighted by Crippen LogP contribution is -2.49. The van der Waals surface area contributed by atoms with Crippen molar-refractivity contribution < 1.29 is 17.9 Å². The third kappa shape index (κ3) is 8.56. The van der Waals surface area contributed by atoms with Crippen LogP contribution in [0.5, 0.6) is 0 Å². The van der Waals surface area contributed by atoms with Crippen LogP contribution in [0.2, 0.25) is 0 Å². The normalized spacial score (nSPS) is 15.2. The number of hydrogen-bond donors (Lipinski definition) is 0. The lowest BCUT2D eigenvalue weighted by atomic mass is 9.96. The molecular formula is C40H48N6O4S. The van der Waals surface area contributed by atoms with Gasteiger partial charge in [0.25, 0.3) is 0 Å². The minimum Gasteiger partial charge on any atom is -0.463 e. The number of sulfonamides is 1. The van der Waals surface area contributed by atoms with Gasteiger partial charge in [-0.2, -0.15) is 4.31 Å². The fourth-order valence-corrected chi connectivity index (χ4v) is 8.25. The second kappa shape index (κ2) is 16.3. The largest absolute Gasteiger partial charge is 0.463 e. The zero-order valence-corrected chi connectivity index (χ0v) is 30.7. The third-order valence-electron chi connectivity index (χ3n) is 9.74. The molecule has 51 heavy (non-hydrogen) atoms. The number of likely N-dealkylation sites (N-methyl/N-ethyl adjacent to an activating group) is 1. The van der Waals surface area contributed by atoms with E-state index in [9.17, 15) is 13.2 Å². The molecule has 1 atom stereocenters. The van der Waals surface area contributed by atoms with Gasteiger partial charge < -0.3 is 9.30 Å². The van der Waals surface area contributed by atoms with E-state index in [2.05, 4.69) is 72.9 Å². The molecule has 3 aromatic carbocycles. The summed E-state index contributed by atoms with van der Waals surface area (Å²) in [5.74, 6) is 0.419. The Balaban J connectivity index is 1.05. The van der Waals surface area contributed by atoms with Gasteiger partial charge in [0.15, 0.2) is 0 Å². The van der Waals surface area contributed by atoms with E-state index in [4.69, 9.17) is 4.74 Å². The Morgan fingerprint density at radius 3 is 2.12 bits per heavy atom. The second-order valence-electron chi connectivity index (χ2n) is 13.7. The van der Waals surface area contributed by atoms with Crippen molar-refractivity contribution in [3.05, 3.63) is 126 Å². The summed E-state index contributed by atoms with van der Waals surface area (Å²) in [5.41, 5.74) is 5.26. The van der Waals surface area contributed by atoms with Crippen molar-refractivity contribution >= 4 is 27.0 Å². The lowest BCUT2D eigenvalue weighted by Gasteiger charge is -2.39. The summed E-state index contributed by atoms with van der Waals surface area (Å²) in [4.78, 5) is 27.2. The maximum atomic E-state index is 13.8. The molecule has 1 aliphatic rings. The van der Waals surface area contributed by atoms with Gasteiger partial charge in [0, 0.05) is 52.5 Å². The van der Waals surface area contributed by atoms with Crippen LogP contribution in [0, 0.1) is 12.8 Å².